The molecule has 6 rings (SSSR count). The molecule has 8 nitrogen and oxygen atoms in total. The van der Waals surface area contributed by atoms with E-state index in [1.54, 1.807) is 14.2 Å². The van der Waals surface area contributed by atoms with Crippen molar-refractivity contribution in [2.75, 3.05) is 49.0 Å². The summed E-state index contributed by atoms with van der Waals surface area (Å²) in [7, 11) is 3.27. The van der Waals surface area contributed by atoms with E-state index < -0.39 is 0 Å². The van der Waals surface area contributed by atoms with Crippen molar-refractivity contribution in [3.05, 3.63) is 65.4 Å². The van der Waals surface area contributed by atoms with Crippen LogP contribution in [0.4, 0.5) is 23.1 Å². The summed E-state index contributed by atoms with van der Waals surface area (Å²) < 4.78 is 10.8. The number of nitrogens with one attached hydrogen (secondary N) is 1. The molecule has 0 bridgehead atoms. The fraction of sp³-hybridized carbons (Fsp3) is 0.321. The van der Waals surface area contributed by atoms with Gasteiger partial charge in [0.1, 0.15) is 17.3 Å². The number of ether oxygens (including phenoxy) is 2. The van der Waals surface area contributed by atoms with Gasteiger partial charge >= 0.3 is 0 Å². The highest BCUT2D eigenvalue weighted by Gasteiger charge is 2.52. The second kappa shape index (κ2) is 9.27. The molecule has 2 aliphatic rings. The summed E-state index contributed by atoms with van der Waals surface area (Å²) in [5.74, 6) is 2.91. The zero-order valence-electron chi connectivity index (χ0n) is 21.2. The smallest absolute Gasteiger partial charge is 0.229 e. The molecule has 1 aliphatic heterocycles. The molecule has 1 saturated carbocycles. The van der Waals surface area contributed by atoms with Crippen LogP contribution in [0, 0.1) is 6.92 Å². The van der Waals surface area contributed by atoms with E-state index in [1.165, 1.54) is 5.69 Å². The van der Waals surface area contributed by atoms with E-state index in [9.17, 15) is 0 Å². The van der Waals surface area contributed by atoms with E-state index in [0.29, 0.717) is 22.5 Å². The maximum absolute atomic E-state index is 6.22. The van der Waals surface area contributed by atoms with Gasteiger partial charge in [0.15, 0.2) is 0 Å². The normalized spacial score (nSPS) is 16.2. The lowest BCUT2D eigenvalue weighted by atomic mass is 10.1. The molecule has 9 heteroatoms. The maximum Gasteiger partial charge on any atom is 0.229 e. The average molecular weight is 517 g/mol. The molecule has 0 unspecified atom stereocenters. The quantitative estimate of drug-likeness (QED) is 0.354. The van der Waals surface area contributed by atoms with Gasteiger partial charge in [0.25, 0.3) is 0 Å². The molecule has 1 saturated heterocycles. The number of fused-ring (bicyclic) bond motifs is 1. The lowest BCUT2D eigenvalue weighted by molar-refractivity contribution is 0.395. The van der Waals surface area contributed by atoms with Crippen molar-refractivity contribution >= 4 is 45.6 Å². The van der Waals surface area contributed by atoms with Crippen molar-refractivity contribution in [2.24, 2.45) is 0 Å². The number of benzene rings is 2. The number of aryl methyl sites for hydroxylation is 1. The molecular weight excluding hydrogens is 488 g/mol. The van der Waals surface area contributed by atoms with Crippen LogP contribution in [-0.4, -0.2) is 54.3 Å². The molecule has 2 aromatic carbocycles. The Bertz CT molecular complexity index is 1450. The van der Waals surface area contributed by atoms with Crippen molar-refractivity contribution in [1.82, 2.24) is 15.0 Å². The van der Waals surface area contributed by atoms with Crippen LogP contribution in [0.3, 0.4) is 0 Å². The van der Waals surface area contributed by atoms with Gasteiger partial charge in [-0.25, -0.2) is 4.98 Å². The first-order chi connectivity index (χ1) is 18.0. The first-order valence-electron chi connectivity index (χ1n) is 12.4. The third kappa shape index (κ3) is 4.57. The zero-order valence-corrected chi connectivity index (χ0v) is 21.9. The molecule has 3 heterocycles. The molecule has 0 atom stereocenters. The third-order valence-electron chi connectivity index (χ3n) is 7.23. The molecule has 2 fully saturated rings. The van der Waals surface area contributed by atoms with E-state index in [0.717, 1.165) is 60.6 Å². The van der Waals surface area contributed by atoms with Crippen molar-refractivity contribution in [3.8, 4) is 11.5 Å². The lowest BCUT2D eigenvalue weighted by Gasteiger charge is -2.44. The molecule has 0 amide bonds. The van der Waals surface area contributed by atoms with Crippen molar-refractivity contribution in [3.63, 3.8) is 0 Å². The Labute approximate surface area is 221 Å². The fourth-order valence-corrected chi connectivity index (χ4v) is 5.42. The van der Waals surface area contributed by atoms with E-state index in [2.05, 4.69) is 43.3 Å². The number of hydrogen-bond donors (Lipinski definition) is 1. The number of pyridine rings is 1. The van der Waals surface area contributed by atoms with Crippen LogP contribution in [0.25, 0.3) is 10.9 Å². The van der Waals surface area contributed by atoms with Gasteiger partial charge in [-0.05, 0) is 44.0 Å². The van der Waals surface area contributed by atoms with Gasteiger partial charge in [0.05, 0.1) is 25.3 Å². The summed E-state index contributed by atoms with van der Waals surface area (Å²) in [4.78, 5) is 19.1. The second-order valence-electron chi connectivity index (χ2n) is 9.71. The van der Waals surface area contributed by atoms with Gasteiger partial charge in [0, 0.05) is 77.6 Å². The topological polar surface area (TPSA) is 75.6 Å². The minimum absolute atomic E-state index is 0.0670. The van der Waals surface area contributed by atoms with Crippen molar-refractivity contribution < 1.29 is 9.47 Å². The third-order valence-corrected chi connectivity index (χ3v) is 7.46. The van der Waals surface area contributed by atoms with Gasteiger partial charge in [-0.3, -0.25) is 4.98 Å². The molecule has 0 radical (unpaired) electrons. The summed E-state index contributed by atoms with van der Waals surface area (Å²) in [5.41, 5.74) is 3.92. The molecule has 2 aromatic heterocycles. The summed E-state index contributed by atoms with van der Waals surface area (Å²) in [6, 6.07) is 15.8. The Balaban J connectivity index is 1.27. The van der Waals surface area contributed by atoms with E-state index >= 15 is 0 Å². The highest BCUT2D eigenvalue weighted by atomic mass is 35.5. The van der Waals surface area contributed by atoms with E-state index in [-0.39, 0.29) is 5.54 Å². The summed E-state index contributed by atoms with van der Waals surface area (Å²) in [5, 5.41) is 5.18. The highest BCUT2D eigenvalue weighted by molar-refractivity contribution is 6.31. The number of nitrogens with zero attached hydrogens (tertiary/aromatic N) is 5. The van der Waals surface area contributed by atoms with Gasteiger partial charge in [-0.15, -0.1) is 0 Å². The van der Waals surface area contributed by atoms with Crippen molar-refractivity contribution in [1.29, 1.82) is 0 Å². The molecule has 37 heavy (non-hydrogen) atoms. The maximum atomic E-state index is 6.22. The number of aromatic nitrogens is 3. The number of anilines is 4. The number of methoxy groups -OCH3 is 2. The van der Waals surface area contributed by atoms with Gasteiger partial charge in [0.2, 0.25) is 5.95 Å². The number of rotatable bonds is 6. The van der Waals surface area contributed by atoms with Crippen LogP contribution >= 0.6 is 11.6 Å². The van der Waals surface area contributed by atoms with Crippen LogP contribution in [-0.2, 0) is 0 Å². The molecule has 190 valence electrons. The standard InChI is InChI=1S/C28H29ClN6O2/c1-18-12-26(33-27(31-18)32-20-14-21(36-2)16-22(15-20)37-3)35-11-10-34(17-28(35)7-8-28)25-6-9-30-24-13-19(29)4-5-23(24)25/h4-6,9,12-16H,7-8,10-11,17H2,1-3H3,(H,31,32,33). The van der Waals surface area contributed by atoms with E-state index in [4.69, 9.17) is 26.1 Å². The Hall–Kier alpha value is -3.78. The van der Waals surface area contributed by atoms with Gasteiger partial charge in [-0.2, -0.15) is 4.98 Å². The number of piperazine rings is 1. The monoisotopic (exact) mass is 516 g/mol. The summed E-state index contributed by atoms with van der Waals surface area (Å²) >= 11 is 6.22. The fourth-order valence-electron chi connectivity index (χ4n) is 5.25. The number of hydrogen-bond acceptors (Lipinski definition) is 8. The van der Waals surface area contributed by atoms with Crippen LogP contribution in [0.1, 0.15) is 18.5 Å². The first-order valence-corrected chi connectivity index (χ1v) is 12.8. The number of halogens is 1. The minimum Gasteiger partial charge on any atom is -0.497 e. The SMILES string of the molecule is COc1cc(Nc2nc(C)cc(N3CCN(c4ccnc5cc(Cl)ccc45)CC34CC4)n2)cc(OC)c1. The minimum atomic E-state index is 0.0670. The second-order valence-corrected chi connectivity index (χ2v) is 10.1. The molecule has 1 aliphatic carbocycles. The summed E-state index contributed by atoms with van der Waals surface area (Å²) in [6.45, 7) is 4.71. The Kier molecular flexibility index (Phi) is 5.91. The van der Waals surface area contributed by atoms with E-state index in [1.807, 2.05) is 43.5 Å². The van der Waals surface area contributed by atoms with Crippen LogP contribution in [0.15, 0.2) is 54.7 Å². The molecule has 1 spiro atoms. The Morgan fingerprint density at radius 1 is 0.946 bits per heavy atom. The lowest BCUT2D eigenvalue weighted by Crippen LogP contribution is -2.55. The predicted octanol–water partition coefficient (Wildman–Crippen LogP) is 5.61. The molecular formula is C28H29ClN6O2. The average Bonchev–Trinajstić information content (AvgIpc) is 3.66. The van der Waals surface area contributed by atoms with Gasteiger partial charge in [-0.1, -0.05) is 11.6 Å². The Morgan fingerprint density at radius 2 is 1.73 bits per heavy atom. The van der Waals surface area contributed by atoms with Gasteiger partial charge < -0.3 is 24.6 Å². The van der Waals surface area contributed by atoms with Crippen molar-refractivity contribution in [2.45, 2.75) is 25.3 Å². The predicted molar refractivity (Wildman–Crippen MR) is 148 cm³/mol. The zero-order chi connectivity index (χ0) is 25.6. The van der Waals surface area contributed by atoms with Crippen LogP contribution in [0.5, 0.6) is 11.5 Å². The summed E-state index contributed by atoms with van der Waals surface area (Å²) in [6.07, 6.45) is 4.15. The molecule has 4 aromatic rings. The molecule has 1 N–H and O–H groups in total. The first kappa shape index (κ1) is 23.6. The van der Waals surface area contributed by atoms with Crippen LogP contribution < -0.4 is 24.6 Å². The highest BCUT2D eigenvalue weighted by Crippen LogP contribution is 2.47. The van der Waals surface area contributed by atoms with Crippen LogP contribution in [0.2, 0.25) is 5.02 Å². The Morgan fingerprint density at radius 3 is 2.46 bits per heavy atom. The largest absolute Gasteiger partial charge is 0.497 e.